The smallest absolute Gasteiger partial charge is 0.170 e. The summed E-state index contributed by atoms with van der Waals surface area (Å²) >= 11 is 1.55. The van der Waals surface area contributed by atoms with Gasteiger partial charge in [-0.1, -0.05) is 18.2 Å². The summed E-state index contributed by atoms with van der Waals surface area (Å²) in [5.41, 5.74) is 0.806. The first-order valence-electron chi connectivity index (χ1n) is 6.08. The van der Waals surface area contributed by atoms with E-state index < -0.39 is 11.6 Å². The summed E-state index contributed by atoms with van der Waals surface area (Å²) in [4.78, 5) is 12.1. The fourth-order valence-electron chi connectivity index (χ4n) is 2.15. The minimum absolute atomic E-state index is 0.0679. The third-order valence-corrected chi connectivity index (χ3v) is 4.16. The van der Waals surface area contributed by atoms with Crippen molar-refractivity contribution < 1.29 is 13.6 Å². The van der Waals surface area contributed by atoms with Crippen molar-refractivity contribution in [3.8, 4) is 0 Å². The van der Waals surface area contributed by atoms with E-state index in [1.54, 1.807) is 11.3 Å². The number of carbonyl (C=O) groups is 1. The Balaban J connectivity index is 1.92. The molecule has 0 amide bonds. The molecular weight excluding hydrogens is 278 g/mol. The molecular formula is C16H10F2OS. The first-order valence-corrected chi connectivity index (χ1v) is 6.96. The van der Waals surface area contributed by atoms with Crippen LogP contribution in [-0.4, -0.2) is 5.78 Å². The molecule has 0 N–H and O–H groups in total. The molecule has 0 atom stereocenters. The van der Waals surface area contributed by atoms with Crippen molar-refractivity contribution in [3.63, 3.8) is 0 Å². The molecule has 0 fully saturated rings. The van der Waals surface area contributed by atoms with Crippen LogP contribution in [0.25, 0.3) is 10.1 Å². The normalized spacial score (nSPS) is 10.9. The lowest BCUT2D eigenvalue weighted by atomic mass is 10.0. The van der Waals surface area contributed by atoms with Crippen LogP contribution in [0.4, 0.5) is 8.78 Å². The Bertz CT molecular complexity index is 792. The van der Waals surface area contributed by atoms with Gasteiger partial charge in [0.15, 0.2) is 5.78 Å². The van der Waals surface area contributed by atoms with Crippen LogP contribution < -0.4 is 0 Å². The van der Waals surface area contributed by atoms with E-state index in [4.69, 9.17) is 0 Å². The number of hydrogen-bond donors (Lipinski definition) is 0. The maximum absolute atomic E-state index is 13.6. The summed E-state index contributed by atoms with van der Waals surface area (Å²) in [6, 6.07) is 10.8. The van der Waals surface area contributed by atoms with Crippen LogP contribution in [0.2, 0.25) is 0 Å². The van der Waals surface area contributed by atoms with Gasteiger partial charge in [0, 0.05) is 17.2 Å². The van der Waals surface area contributed by atoms with Gasteiger partial charge in [0.05, 0.1) is 5.56 Å². The number of ketones is 1. The average molecular weight is 288 g/mol. The summed E-state index contributed by atoms with van der Waals surface area (Å²) in [7, 11) is 0. The molecule has 0 spiro atoms. The van der Waals surface area contributed by atoms with Crippen LogP contribution >= 0.6 is 11.3 Å². The van der Waals surface area contributed by atoms with Crippen LogP contribution in [0.15, 0.2) is 47.8 Å². The van der Waals surface area contributed by atoms with Gasteiger partial charge < -0.3 is 0 Å². The number of fused-ring (bicyclic) bond motifs is 1. The van der Waals surface area contributed by atoms with Gasteiger partial charge in [-0.2, -0.15) is 0 Å². The fraction of sp³-hybridized carbons (Fsp3) is 0.0625. The Morgan fingerprint density at radius 3 is 2.70 bits per heavy atom. The molecule has 0 bridgehead atoms. The van der Waals surface area contributed by atoms with Crippen molar-refractivity contribution >= 4 is 27.2 Å². The molecule has 0 saturated carbocycles. The van der Waals surface area contributed by atoms with E-state index in [-0.39, 0.29) is 17.8 Å². The van der Waals surface area contributed by atoms with E-state index in [0.29, 0.717) is 0 Å². The van der Waals surface area contributed by atoms with Crippen LogP contribution in [0, 0.1) is 11.6 Å². The molecule has 3 rings (SSSR count). The quantitative estimate of drug-likeness (QED) is 0.643. The maximum Gasteiger partial charge on any atom is 0.170 e. The number of rotatable bonds is 3. The van der Waals surface area contributed by atoms with Crippen LogP contribution in [0.1, 0.15) is 15.9 Å². The zero-order chi connectivity index (χ0) is 14.1. The summed E-state index contributed by atoms with van der Waals surface area (Å²) < 4.78 is 27.5. The predicted molar refractivity (Wildman–Crippen MR) is 76.2 cm³/mol. The van der Waals surface area contributed by atoms with Crippen molar-refractivity contribution in [3.05, 3.63) is 70.6 Å². The monoisotopic (exact) mass is 288 g/mol. The standard InChI is InChI=1S/C16H10F2OS/c17-11-5-6-13(14(18)8-11)15(19)7-10-9-20-16-4-2-1-3-12(10)16/h1-6,8-9H,7H2. The van der Waals surface area contributed by atoms with Gasteiger partial charge >= 0.3 is 0 Å². The van der Waals surface area contributed by atoms with Crippen molar-refractivity contribution in [2.45, 2.75) is 6.42 Å². The lowest BCUT2D eigenvalue weighted by molar-refractivity contribution is 0.0989. The molecule has 0 aliphatic carbocycles. The Kier molecular flexibility index (Phi) is 3.32. The second-order valence-corrected chi connectivity index (χ2v) is 5.39. The van der Waals surface area contributed by atoms with Gasteiger partial charge in [0.2, 0.25) is 0 Å². The van der Waals surface area contributed by atoms with Crippen molar-refractivity contribution in [1.82, 2.24) is 0 Å². The number of benzene rings is 2. The highest BCUT2D eigenvalue weighted by molar-refractivity contribution is 7.17. The topological polar surface area (TPSA) is 17.1 Å². The third kappa shape index (κ3) is 2.34. The summed E-state index contributed by atoms with van der Waals surface area (Å²) in [6.07, 6.45) is 0.118. The Morgan fingerprint density at radius 2 is 1.90 bits per heavy atom. The lowest BCUT2D eigenvalue weighted by Gasteiger charge is -2.02. The molecule has 0 unspecified atom stereocenters. The molecule has 100 valence electrons. The summed E-state index contributed by atoms with van der Waals surface area (Å²) in [5.74, 6) is -1.83. The Morgan fingerprint density at radius 1 is 1.10 bits per heavy atom. The van der Waals surface area contributed by atoms with E-state index in [0.717, 1.165) is 27.8 Å². The Labute approximate surface area is 118 Å². The first kappa shape index (κ1) is 12.9. The zero-order valence-electron chi connectivity index (χ0n) is 10.4. The van der Waals surface area contributed by atoms with Crippen LogP contribution in [-0.2, 0) is 6.42 Å². The van der Waals surface area contributed by atoms with E-state index >= 15 is 0 Å². The molecule has 2 aromatic carbocycles. The second kappa shape index (κ2) is 5.13. The largest absolute Gasteiger partial charge is 0.294 e. The van der Waals surface area contributed by atoms with Gasteiger partial charge in [0.25, 0.3) is 0 Å². The molecule has 0 saturated heterocycles. The van der Waals surface area contributed by atoms with E-state index in [1.165, 1.54) is 6.07 Å². The van der Waals surface area contributed by atoms with Gasteiger partial charge in [0.1, 0.15) is 11.6 Å². The number of thiophene rings is 1. The highest BCUT2D eigenvalue weighted by Crippen LogP contribution is 2.27. The minimum Gasteiger partial charge on any atom is -0.294 e. The predicted octanol–water partition coefficient (Wildman–Crippen LogP) is 4.60. The molecule has 1 heterocycles. The van der Waals surface area contributed by atoms with Gasteiger partial charge in [-0.3, -0.25) is 4.79 Å². The van der Waals surface area contributed by atoms with Gasteiger partial charge in [-0.25, -0.2) is 8.78 Å². The number of hydrogen-bond acceptors (Lipinski definition) is 2. The van der Waals surface area contributed by atoms with E-state index in [2.05, 4.69) is 0 Å². The van der Waals surface area contributed by atoms with Crippen LogP contribution in [0.5, 0.6) is 0 Å². The molecule has 0 aliphatic rings. The molecule has 0 aliphatic heterocycles. The molecule has 20 heavy (non-hydrogen) atoms. The fourth-order valence-corrected chi connectivity index (χ4v) is 3.12. The highest BCUT2D eigenvalue weighted by atomic mass is 32.1. The SMILES string of the molecule is O=C(Cc1csc2ccccc12)c1ccc(F)cc1F. The highest BCUT2D eigenvalue weighted by Gasteiger charge is 2.15. The van der Waals surface area contributed by atoms with Crippen LogP contribution in [0.3, 0.4) is 0 Å². The maximum atomic E-state index is 13.6. The summed E-state index contributed by atoms with van der Waals surface area (Å²) in [6.45, 7) is 0. The third-order valence-electron chi connectivity index (χ3n) is 3.14. The Hall–Kier alpha value is -2.07. The summed E-state index contributed by atoms with van der Waals surface area (Å²) in [5, 5.41) is 2.91. The molecule has 1 nitrogen and oxygen atoms in total. The number of carbonyl (C=O) groups excluding carboxylic acids is 1. The lowest BCUT2D eigenvalue weighted by Crippen LogP contribution is -2.06. The molecule has 1 aromatic heterocycles. The second-order valence-electron chi connectivity index (χ2n) is 4.48. The molecule has 3 aromatic rings. The average Bonchev–Trinajstić information content (AvgIpc) is 2.82. The first-order chi connectivity index (χ1) is 9.65. The van der Waals surface area contributed by atoms with Crippen molar-refractivity contribution in [2.75, 3.05) is 0 Å². The van der Waals surface area contributed by atoms with Gasteiger partial charge in [-0.15, -0.1) is 11.3 Å². The van der Waals surface area contributed by atoms with Gasteiger partial charge in [-0.05, 0) is 34.5 Å². The van der Waals surface area contributed by atoms with Crippen molar-refractivity contribution in [2.24, 2.45) is 0 Å². The van der Waals surface area contributed by atoms with E-state index in [1.807, 2.05) is 29.6 Å². The zero-order valence-corrected chi connectivity index (χ0v) is 11.2. The van der Waals surface area contributed by atoms with Crippen molar-refractivity contribution in [1.29, 1.82) is 0 Å². The molecule has 0 radical (unpaired) electrons. The van der Waals surface area contributed by atoms with E-state index in [9.17, 15) is 13.6 Å². The number of halogens is 2. The molecule has 4 heteroatoms. The minimum atomic E-state index is -0.811. The number of Topliss-reactive ketones (excluding diaryl/α,β-unsaturated/α-hetero) is 1.